The van der Waals surface area contributed by atoms with Crippen molar-refractivity contribution in [1.82, 2.24) is 5.32 Å². The van der Waals surface area contributed by atoms with Crippen molar-refractivity contribution >= 4 is 15.2 Å². The maximum atomic E-state index is 13.5. The van der Waals surface area contributed by atoms with Crippen LogP contribution in [0, 0.1) is 0 Å². The van der Waals surface area contributed by atoms with Gasteiger partial charge in [0.05, 0.1) is 26.4 Å². The van der Waals surface area contributed by atoms with E-state index in [1.807, 2.05) is 0 Å². The van der Waals surface area contributed by atoms with E-state index < -0.39 is 20.6 Å². The molecule has 0 aromatic rings. The quantitative estimate of drug-likeness (QED) is 0.386. The van der Waals surface area contributed by atoms with E-state index in [9.17, 15) is 9.13 Å². The smallest absolute Gasteiger partial charge is 0.312 e. The molecule has 1 saturated carbocycles. The van der Waals surface area contributed by atoms with Crippen molar-refractivity contribution in [3.8, 4) is 0 Å². The van der Waals surface area contributed by atoms with Crippen LogP contribution in [0.2, 0.25) is 0 Å². The molecular formula is C18H39NO6P2. The highest BCUT2D eigenvalue weighted by molar-refractivity contribution is 7.72. The highest BCUT2D eigenvalue weighted by atomic mass is 31.2. The second-order valence-electron chi connectivity index (χ2n) is 6.68. The summed E-state index contributed by atoms with van der Waals surface area (Å²) in [7, 11) is -7.35. The molecule has 0 atom stereocenters. The Hall–Kier alpha value is 0.260. The van der Waals surface area contributed by atoms with Gasteiger partial charge in [-0.3, -0.25) is 9.13 Å². The van der Waals surface area contributed by atoms with Gasteiger partial charge in [-0.25, -0.2) is 0 Å². The Morgan fingerprint density at radius 3 is 1.48 bits per heavy atom. The zero-order valence-electron chi connectivity index (χ0n) is 17.5. The molecule has 1 fully saturated rings. The van der Waals surface area contributed by atoms with Crippen LogP contribution in [0.15, 0.2) is 0 Å². The van der Waals surface area contributed by atoms with Gasteiger partial charge in [0.2, 0.25) is 0 Å². The van der Waals surface area contributed by atoms with Gasteiger partial charge in [-0.2, -0.15) is 0 Å². The second kappa shape index (κ2) is 13.5. The Balaban J connectivity index is 3.03. The molecule has 1 aliphatic carbocycles. The number of hydrogen-bond donors (Lipinski definition) is 1. The maximum absolute atomic E-state index is 13.5. The minimum Gasteiger partial charge on any atom is -0.312 e. The first-order valence-corrected chi connectivity index (χ1v) is 13.7. The van der Waals surface area contributed by atoms with Crippen LogP contribution in [0.5, 0.6) is 0 Å². The van der Waals surface area contributed by atoms with E-state index in [4.69, 9.17) is 18.1 Å². The van der Waals surface area contributed by atoms with Crippen molar-refractivity contribution in [2.45, 2.75) is 84.1 Å². The molecule has 0 bridgehead atoms. The average molecular weight is 427 g/mol. The fraction of sp³-hybridized carbons (Fsp3) is 1.00. The van der Waals surface area contributed by atoms with Crippen molar-refractivity contribution in [3.63, 3.8) is 0 Å². The van der Waals surface area contributed by atoms with E-state index in [0.717, 1.165) is 12.8 Å². The van der Waals surface area contributed by atoms with Crippen LogP contribution in [0.3, 0.4) is 0 Å². The minimum absolute atomic E-state index is 0.204. The first-order valence-electron chi connectivity index (χ1n) is 10.5. The lowest BCUT2D eigenvalue weighted by Crippen LogP contribution is -2.37. The topological polar surface area (TPSA) is 83.1 Å². The summed E-state index contributed by atoms with van der Waals surface area (Å²) in [5.74, 6) is 0. The predicted octanol–water partition coefficient (Wildman–Crippen LogP) is 5.55. The van der Waals surface area contributed by atoms with Gasteiger partial charge in [-0.15, -0.1) is 0 Å². The van der Waals surface area contributed by atoms with Gasteiger partial charge in [0.25, 0.3) is 0 Å². The third-order valence-corrected chi connectivity index (χ3v) is 10.7. The molecule has 0 amide bonds. The van der Waals surface area contributed by atoms with Crippen molar-refractivity contribution in [1.29, 1.82) is 0 Å². The molecule has 27 heavy (non-hydrogen) atoms. The van der Waals surface area contributed by atoms with Gasteiger partial charge in [0.15, 0.2) is 5.40 Å². The average Bonchev–Trinajstić information content (AvgIpc) is 2.57. The molecule has 1 N–H and O–H groups in total. The van der Waals surface area contributed by atoms with Gasteiger partial charge in [-0.05, 0) is 40.5 Å². The summed E-state index contributed by atoms with van der Waals surface area (Å²) in [6.45, 7) is 8.03. The molecule has 9 heteroatoms. The maximum Gasteiger partial charge on any atom is 0.347 e. The molecule has 0 aromatic carbocycles. The van der Waals surface area contributed by atoms with Gasteiger partial charge in [-0.1, -0.05) is 32.1 Å². The Labute approximate surface area is 165 Å². The van der Waals surface area contributed by atoms with E-state index in [0.29, 0.717) is 6.04 Å². The monoisotopic (exact) mass is 427 g/mol. The molecule has 162 valence electrons. The Bertz CT molecular complexity index is 432. The summed E-state index contributed by atoms with van der Waals surface area (Å²) in [5, 5.41) is 2.49. The van der Waals surface area contributed by atoms with Crippen molar-refractivity contribution in [3.05, 3.63) is 0 Å². The van der Waals surface area contributed by atoms with Crippen molar-refractivity contribution in [2.24, 2.45) is 0 Å². The summed E-state index contributed by atoms with van der Waals surface area (Å²) in [6, 6.07) is 0.307. The molecule has 0 radical (unpaired) electrons. The number of rotatable bonds is 13. The summed E-state index contributed by atoms with van der Waals surface area (Å²) in [5.41, 5.74) is 0. The zero-order chi connectivity index (χ0) is 20.2. The lowest BCUT2D eigenvalue weighted by atomic mass is 9.97. The van der Waals surface area contributed by atoms with E-state index in [-0.39, 0.29) is 33.0 Å². The largest absolute Gasteiger partial charge is 0.347 e. The minimum atomic E-state index is -3.67. The molecule has 1 rings (SSSR count). The molecule has 0 spiro atoms. The molecule has 0 heterocycles. The van der Waals surface area contributed by atoms with Crippen LogP contribution in [0.1, 0.15) is 72.6 Å². The van der Waals surface area contributed by atoms with Crippen LogP contribution in [-0.4, -0.2) is 44.4 Å². The normalized spacial score (nSPS) is 17.8. The lowest BCUT2D eigenvalue weighted by Gasteiger charge is -2.33. The summed E-state index contributed by atoms with van der Waals surface area (Å²) in [6.07, 6.45) is 8.25. The highest BCUT2D eigenvalue weighted by Crippen LogP contribution is 2.70. The van der Waals surface area contributed by atoms with Crippen LogP contribution >= 0.6 is 15.2 Å². The molecule has 7 nitrogen and oxygen atoms in total. The first kappa shape index (κ1) is 25.3. The Morgan fingerprint density at radius 2 is 1.11 bits per heavy atom. The summed E-state index contributed by atoms with van der Waals surface area (Å²) < 4.78 is 49.0. The van der Waals surface area contributed by atoms with Gasteiger partial charge in [0, 0.05) is 12.6 Å². The fourth-order valence-electron chi connectivity index (χ4n) is 3.47. The van der Waals surface area contributed by atoms with Crippen LogP contribution < -0.4 is 5.32 Å². The molecule has 0 aliphatic heterocycles. The van der Waals surface area contributed by atoms with Crippen LogP contribution in [-0.2, 0) is 27.2 Å². The third-order valence-electron chi connectivity index (χ3n) is 4.66. The van der Waals surface area contributed by atoms with Gasteiger partial charge in [0.1, 0.15) is 0 Å². The van der Waals surface area contributed by atoms with E-state index in [1.54, 1.807) is 27.7 Å². The van der Waals surface area contributed by atoms with E-state index >= 15 is 0 Å². The van der Waals surface area contributed by atoms with Crippen LogP contribution in [0.4, 0.5) is 0 Å². The van der Waals surface area contributed by atoms with E-state index in [2.05, 4.69) is 5.32 Å². The molecule has 0 aromatic heterocycles. The second-order valence-corrected chi connectivity index (χ2v) is 11.5. The zero-order valence-corrected chi connectivity index (χ0v) is 19.3. The molecule has 0 saturated heterocycles. The summed E-state index contributed by atoms with van der Waals surface area (Å²) >= 11 is 0. The van der Waals surface area contributed by atoms with Crippen LogP contribution in [0.25, 0.3) is 0 Å². The number of hydrogen-bond acceptors (Lipinski definition) is 7. The van der Waals surface area contributed by atoms with E-state index in [1.165, 1.54) is 32.1 Å². The fourth-order valence-corrected chi connectivity index (χ4v) is 8.59. The third kappa shape index (κ3) is 8.26. The molecule has 1 aliphatic rings. The van der Waals surface area contributed by atoms with Crippen molar-refractivity contribution < 1.29 is 27.2 Å². The highest BCUT2D eigenvalue weighted by Gasteiger charge is 2.50. The molecule has 0 unspecified atom stereocenters. The Morgan fingerprint density at radius 1 is 0.741 bits per heavy atom. The van der Waals surface area contributed by atoms with Crippen molar-refractivity contribution in [2.75, 3.05) is 33.0 Å². The Kier molecular flexibility index (Phi) is 12.6. The SMILES string of the molecule is CCOP(=O)(OCC)C(CNC1CCCCCCC1)P(=O)(OCC)OCC. The van der Waals surface area contributed by atoms with Gasteiger partial charge < -0.3 is 23.4 Å². The molecular weight excluding hydrogens is 388 g/mol. The predicted molar refractivity (Wildman–Crippen MR) is 110 cm³/mol. The summed E-state index contributed by atoms with van der Waals surface area (Å²) in [4.78, 5) is 0. The van der Waals surface area contributed by atoms with Gasteiger partial charge >= 0.3 is 15.2 Å². The first-order chi connectivity index (χ1) is 13.0. The standard InChI is InChI=1S/C18H39NO6P2/c1-5-22-26(20,23-6-2)18(27(21,24-7-3)25-8-4)16-19-17-14-12-10-9-11-13-15-17/h17-19H,5-16H2,1-4H3. The number of nitrogens with one attached hydrogen (secondary N) is 1. The lowest BCUT2D eigenvalue weighted by molar-refractivity contribution is 0.193.